The molecule has 0 saturated carbocycles. The molecule has 5 heteroatoms. The van der Waals surface area contributed by atoms with Crippen molar-refractivity contribution in [2.45, 2.75) is 19.4 Å². The number of carbonyl (C=O) groups is 2. The maximum atomic E-state index is 12.1. The lowest BCUT2D eigenvalue weighted by molar-refractivity contribution is -0.140. The SMILES string of the molecule is COC(=O)CCCN(C)CC(=O)N(C)Cc1ccccc1. The average molecular weight is 292 g/mol. The van der Waals surface area contributed by atoms with Gasteiger partial charge in [0.25, 0.3) is 0 Å². The van der Waals surface area contributed by atoms with Crippen LogP contribution in [0.3, 0.4) is 0 Å². The molecule has 0 aromatic heterocycles. The van der Waals surface area contributed by atoms with Crippen LogP contribution in [0.25, 0.3) is 0 Å². The maximum Gasteiger partial charge on any atom is 0.305 e. The molecule has 0 aliphatic carbocycles. The zero-order chi connectivity index (χ0) is 15.7. The molecule has 1 aromatic carbocycles. The zero-order valence-electron chi connectivity index (χ0n) is 13.0. The van der Waals surface area contributed by atoms with E-state index < -0.39 is 0 Å². The standard InChI is InChI=1S/C16H24N2O3/c1-17(11-7-10-16(20)21-3)13-15(19)18(2)12-14-8-5-4-6-9-14/h4-6,8-9H,7,10-13H2,1-3H3. The first kappa shape index (κ1) is 17.2. The maximum absolute atomic E-state index is 12.1. The van der Waals surface area contributed by atoms with Crippen LogP contribution in [0.15, 0.2) is 30.3 Å². The van der Waals surface area contributed by atoms with Gasteiger partial charge < -0.3 is 9.64 Å². The Labute approximate surface area is 126 Å². The predicted octanol–water partition coefficient (Wildman–Crippen LogP) is 1.53. The molecule has 0 fully saturated rings. The van der Waals surface area contributed by atoms with Crippen LogP contribution in [0.5, 0.6) is 0 Å². The molecule has 21 heavy (non-hydrogen) atoms. The summed E-state index contributed by atoms with van der Waals surface area (Å²) in [5, 5.41) is 0. The number of likely N-dealkylation sites (N-methyl/N-ethyl adjacent to an activating group) is 2. The quantitative estimate of drug-likeness (QED) is 0.682. The minimum Gasteiger partial charge on any atom is -0.469 e. The topological polar surface area (TPSA) is 49.9 Å². The summed E-state index contributed by atoms with van der Waals surface area (Å²) >= 11 is 0. The molecule has 0 aliphatic heterocycles. The van der Waals surface area contributed by atoms with E-state index in [0.29, 0.717) is 32.5 Å². The average Bonchev–Trinajstić information content (AvgIpc) is 2.47. The van der Waals surface area contributed by atoms with Crippen LogP contribution >= 0.6 is 0 Å². The Morgan fingerprint density at radius 3 is 2.43 bits per heavy atom. The Kier molecular flexibility index (Phi) is 7.46. The van der Waals surface area contributed by atoms with E-state index in [2.05, 4.69) is 4.74 Å². The van der Waals surface area contributed by atoms with Gasteiger partial charge in [-0.15, -0.1) is 0 Å². The molecule has 0 N–H and O–H groups in total. The fourth-order valence-corrected chi connectivity index (χ4v) is 1.97. The van der Waals surface area contributed by atoms with Crippen LogP contribution in [0.4, 0.5) is 0 Å². The van der Waals surface area contributed by atoms with E-state index in [1.807, 2.05) is 42.3 Å². The molecule has 116 valence electrons. The minimum absolute atomic E-state index is 0.0689. The molecule has 1 amide bonds. The Hall–Kier alpha value is -1.88. The lowest BCUT2D eigenvalue weighted by Crippen LogP contribution is -2.36. The van der Waals surface area contributed by atoms with E-state index in [1.54, 1.807) is 11.9 Å². The van der Waals surface area contributed by atoms with Crippen molar-refractivity contribution in [2.75, 3.05) is 34.3 Å². The van der Waals surface area contributed by atoms with Crippen molar-refractivity contribution in [1.29, 1.82) is 0 Å². The van der Waals surface area contributed by atoms with Gasteiger partial charge in [-0.25, -0.2) is 0 Å². The van der Waals surface area contributed by atoms with Crippen LogP contribution in [0, 0.1) is 0 Å². The normalized spacial score (nSPS) is 10.5. The largest absolute Gasteiger partial charge is 0.469 e. The van der Waals surface area contributed by atoms with Crippen molar-refractivity contribution in [2.24, 2.45) is 0 Å². The first-order valence-corrected chi connectivity index (χ1v) is 7.06. The number of ether oxygens (including phenoxy) is 1. The van der Waals surface area contributed by atoms with E-state index in [0.717, 1.165) is 5.56 Å². The molecule has 0 bridgehead atoms. The monoisotopic (exact) mass is 292 g/mol. The molecule has 1 rings (SSSR count). The van der Waals surface area contributed by atoms with E-state index in [9.17, 15) is 9.59 Å². The summed E-state index contributed by atoms with van der Waals surface area (Å²) in [5.74, 6) is -0.143. The van der Waals surface area contributed by atoms with Gasteiger partial charge in [0.05, 0.1) is 13.7 Å². The van der Waals surface area contributed by atoms with E-state index in [1.165, 1.54) is 7.11 Å². The highest BCUT2D eigenvalue weighted by molar-refractivity contribution is 5.78. The van der Waals surface area contributed by atoms with Gasteiger partial charge in [-0.1, -0.05) is 30.3 Å². The molecule has 0 saturated heterocycles. The smallest absolute Gasteiger partial charge is 0.305 e. The van der Waals surface area contributed by atoms with Crippen LogP contribution in [0.1, 0.15) is 18.4 Å². The highest BCUT2D eigenvalue weighted by Crippen LogP contribution is 2.03. The number of amides is 1. The van der Waals surface area contributed by atoms with Crippen molar-refractivity contribution in [3.63, 3.8) is 0 Å². The second-order valence-corrected chi connectivity index (χ2v) is 5.15. The van der Waals surface area contributed by atoms with Crippen molar-refractivity contribution in [3.05, 3.63) is 35.9 Å². The van der Waals surface area contributed by atoms with Crippen molar-refractivity contribution < 1.29 is 14.3 Å². The zero-order valence-corrected chi connectivity index (χ0v) is 13.0. The van der Waals surface area contributed by atoms with E-state index >= 15 is 0 Å². The van der Waals surface area contributed by atoms with E-state index in [4.69, 9.17) is 0 Å². The molecule has 0 unspecified atom stereocenters. The van der Waals surface area contributed by atoms with Gasteiger partial charge in [0.1, 0.15) is 0 Å². The first-order chi connectivity index (χ1) is 10.0. The highest BCUT2D eigenvalue weighted by atomic mass is 16.5. The first-order valence-electron chi connectivity index (χ1n) is 7.06. The van der Waals surface area contributed by atoms with Crippen molar-refractivity contribution in [3.8, 4) is 0 Å². The molecule has 5 nitrogen and oxygen atoms in total. The minimum atomic E-state index is -0.212. The Balaban J connectivity index is 2.29. The number of hydrogen-bond donors (Lipinski definition) is 0. The molecule has 0 radical (unpaired) electrons. The fourth-order valence-electron chi connectivity index (χ4n) is 1.97. The van der Waals surface area contributed by atoms with Crippen LogP contribution in [-0.4, -0.2) is 56.0 Å². The van der Waals surface area contributed by atoms with E-state index in [-0.39, 0.29) is 11.9 Å². The van der Waals surface area contributed by atoms with Gasteiger partial charge >= 0.3 is 5.97 Å². The molecular weight excluding hydrogens is 268 g/mol. The van der Waals surface area contributed by atoms with Crippen LogP contribution in [-0.2, 0) is 20.9 Å². The number of rotatable bonds is 8. The van der Waals surface area contributed by atoms with Crippen molar-refractivity contribution in [1.82, 2.24) is 9.80 Å². The van der Waals surface area contributed by atoms with Gasteiger partial charge in [0.2, 0.25) is 5.91 Å². The second-order valence-electron chi connectivity index (χ2n) is 5.15. The molecule has 0 aliphatic rings. The third-order valence-electron chi connectivity index (χ3n) is 3.24. The highest BCUT2D eigenvalue weighted by Gasteiger charge is 2.12. The molecular formula is C16H24N2O3. The number of benzene rings is 1. The summed E-state index contributed by atoms with van der Waals surface area (Å²) in [7, 11) is 5.07. The molecule has 1 aromatic rings. The number of methoxy groups -OCH3 is 1. The molecule has 0 atom stereocenters. The number of hydrogen-bond acceptors (Lipinski definition) is 4. The lowest BCUT2D eigenvalue weighted by Gasteiger charge is -2.22. The summed E-state index contributed by atoms with van der Waals surface area (Å²) in [6, 6.07) is 9.90. The molecule has 0 spiro atoms. The van der Waals surface area contributed by atoms with Gasteiger partial charge in [0, 0.05) is 20.0 Å². The van der Waals surface area contributed by atoms with Crippen LogP contribution < -0.4 is 0 Å². The summed E-state index contributed by atoms with van der Waals surface area (Å²) in [6.45, 7) is 1.65. The number of esters is 1. The van der Waals surface area contributed by atoms with Gasteiger partial charge in [-0.05, 0) is 25.6 Å². The van der Waals surface area contributed by atoms with Gasteiger partial charge in [0.15, 0.2) is 0 Å². The summed E-state index contributed by atoms with van der Waals surface area (Å²) in [6.07, 6.45) is 1.08. The van der Waals surface area contributed by atoms with Crippen molar-refractivity contribution >= 4 is 11.9 Å². The van der Waals surface area contributed by atoms with Gasteiger partial charge in [-0.3, -0.25) is 14.5 Å². The fraction of sp³-hybridized carbons (Fsp3) is 0.500. The number of nitrogens with zero attached hydrogens (tertiary/aromatic N) is 2. The summed E-state index contributed by atoms with van der Waals surface area (Å²) in [5.41, 5.74) is 1.11. The predicted molar refractivity (Wildman–Crippen MR) is 81.7 cm³/mol. The summed E-state index contributed by atoms with van der Waals surface area (Å²) in [4.78, 5) is 26.8. The third kappa shape index (κ3) is 6.90. The Morgan fingerprint density at radius 1 is 1.14 bits per heavy atom. The second kappa shape index (κ2) is 9.13. The summed E-state index contributed by atoms with van der Waals surface area (Å²) < 4.78 is 4.59. The Bertz CT molecular complexity index is 448. The van der Waals surface area contributed by atoms with Gasteiger partial charge in [-0.2, -0.15) is 0 Å². The Morgan fingerprint density at radius 2 is 1.81 bits per heavy atom. The number of carbonyl (C=O) groups excluding carboxylic acids is 2. The lowest BCUT2D eigenvalue weighted by atomic mass is 10.2. The third-order valence-corrected chi connectivity index (χ3v) is 3.24. The molecule has 0 heterocycles. The van der Waals surface area contributed by atoms with Crippen LogP contribution in [0.2, 0.25) is 0 Å².